The molecule has 0 aliphatic carbocycles. The van der Waals surface area contributed by atoms with Gasteiger partial charge in [-0.05, 0) is 62.6 Å². The van der Waals surface area contributed by atoms with E-state index in [0.717, 1.165) is 31.9 Å². The molecule has 25 heavy (non-hydrogen) atoms. The van der Waals surface area contributed by atoms with E-state index in [1.165, 1.54) is 27.9 Å². The Morgan fingerprint density at radius 2 is 1.56 bits per heavy atom. The molecule has 0 radical (unpaired) electrons. The van der Waals surface area contributed by atoms with Gasteiger partial charge in [0.25, 0.3) is 0 Å². The molecule has 4 nitrogen and oxygen atoms in total. The van der Waals surface area contributed by atoms with Gasteiger partial charge in [-0.3, -0.25) is 0 Å². The van der Waals surface area contributed by atoms with E-state index in [0.29, 0.717) is 0 Å². The van der Waals surface area contributed by atoms with Crippen molar-refractivity contribution in [3.8, 4) is 0 Å². The molecule has 0 spiro atoms. The molecule has 1 aliphatic rings. The van der Waals surface area contributed by atoms with Crippen LogP contribution in [0.3, 0.4) is 0 Å². The second-order valence-corrected chi connectivity index (χ2v) is 6.99. The Hall–Kier alpha value is -2.49. The van der Waals surface area contributed by atoms with Crippen molar-refractivity contribution in [2.45, 2.75) is 27.7 Å². The van der Waals surface area contributed by atoms with Crippen LogP contribution in [-0.4, -0.2) is 37.1 Å². The van der Waals surface area contributed by atoms with E-state index in [-0.39, 0.29) is 6.03 Å². The fourth-order valence-corrected chi connectivity index (χ4v) is 3.33. The van der Waals surface area contributed by atoms with Gasteiger partial charge >= 0.3 is 6.03 Å². The zero-order valence-electron chi connectivity index (χ0n) is 15.6. The number of carbonyl (C=O) groups excluding carboxylic acids is 1. The van der Waals surface area contributed by atoms with Crippen molar-refractivity contribution in [3.05, 3.63) is 58.7 Å². The Morgan fingerprint density at radius 3 is 2.20 bits per heavy atom. The summed E-state index contributed by atoms with van der Waals surface area (Å²) in [6.45, 7) is 11.6. The molecule has 1 fully saturated rings. The topological polar surface area (TPSA) is 35.6 Å². The maximum absolute atomic E-state index is 12.5. The Bertz CT molecular complexity index is 777. The zero-order valence-corrected chi connectivity index (χ0v) is 15.6. The van der Waals surface area contributed by atoms with E-state index in [9.17, 15) is 4.79 Å². The predicted octanol–water partition coefficient (Wildman–Crippen LogP) is 4.27. The lowest BCUT2D eigenvalue weighted by atomic mass is 10.1. The van der Waals surface area contributed by atoms with E-state index >= 15 is 0 Å². The Labute approximate surface area is 150 Å². The average molecular weight is 337 g/mol. The van der Waals surface area contributed by atoms with Crippen LogP contribution in [0.1, 0.15) is 22.3 Å². The third kappa shape index (κ3) is 3.95. The number of anilines is 2. The lowest BCUT2D eigenvalue weighted by molar-refractivity contribution is 0.208. The fourth-order valence-electron chi connectivity index (χ4n) is 3.33. The molecule has 0 saturated carbocycles. The Morgan fingerprint density at radius 1 is 0.840 bits per heavy atom. The fraction of sp³-hybridized carbons (Fsp3) is 0.381. The number of carbonyl (C=O) groups is 1. The first-order valence-electron chi connectivity index (χ1n) is 8.89. The van der Waals surface area contributed by atoms with Crippen molar-refractivity contribution < 1.29 is 4.79 Å². The van der Waals surface area contributed by atoms with Crippen molar-refractivity contribution in [1.29, 1.82) is 0 Å². The molecule has 2 aromatic rings. The normalized spacial score (nSPS) is 14.6. The standard InChI is InChI=1S/C21H27N3O/c1-15-5-8-20(18(4)13-15)23-9-11-24(12-10-23)21(25)22-19-7-6-16(2)17(3)14-19/h5-8,13-14H,9-12H2,1-4H3,(H,22,25). The summed E-state index contributed by atoms with van der Waals surface area (Å²) in [5.41, 5.74) is 7.16. The molecular weight excluding hydrogens is 310 g/mol. The van der Waals surface area contributed by atoms with Gasteiger partial charge in [-0.15, -0.1) is 0 Å². The highest BCUT2D eigenvalue weighted by Gasteiger charge is 2.22. The minimum Gasteiger partial charge on any atom is -0.368 e. The third-order valence-corrected chi connectivity index (χ3v) is 5.02. The molecule has 0 unspecified atom stereocenters. The lowest BCUT2D eigenvalue weighted by Crippen LogP contribution is -2.50. The highest BCUT2D eigenvalue weighted by Crippen LogP contribution is 2.23. The van der Waals surface area contributed by atoms with Gasteiger partial charge in [0.05, 0.1) is 0 Å². The highest BCUT2D eigenvalue weighted by molar-refractivity contribution is 5.89. The van der Waals surface area contributed by atoms with E-state index < -0.39 is 0 Å². The number of hydrogen-bond acceptors (Lipinski definition) is 2. The molecule has 1 aliphatic heterocycles. The quantitative estimate of drug-likeness (QED) is 0.888. The Kier molecular flexibility index (Phi) is 4.98. The molecule has 0 bridgehead atoms. The predicted molar refractivity (Wildman–Crippen MR) is 105 cm³/mol. The van der Waals surface area contributed by atoms with Gasteiger partial charge in [0, 0.05) is 37.6 Å². The number of rotatable bonds is 2. The summed E-state index contributed by atoms with van der Waals surface area (Å²) in [6.07, 6.45) is 0. The molecule has 132 valence electrons. The molecule has 0 aromatic heterocycles. The first-order valence-corrected chi connectivity index (χ1v) is 8.89. The first kappa shape index (κ1) is 17.3. The SMILES string of the molecule is Cc1ccc(N2CCN(C(=O)Nc3ccc(C)c(C)c3)CC2)c(C)c1. The number of nitrogens with one attached hydrogen (secondary N) is 1. The minimum absolute atomic E-state index is 0.0106. The number of aryl methyl sites for hydroxylation is 4. The van der Waals surface area contributed by atoms with Gasteiger partial charge in [-0.25, -0.2) is 4.79 Å². The number of amides is 2. The van der Waals surface area contributed by atoms with Gasteiger partial charge in [0.1, 0.15) is 0 Å². The van der Waals surface area contributed by atoms with Crippen molar-refractivity contribution in [3.63, 3.8) is 0 Å². The largest absolute Gasteiger partial charge is 0.368 e. The van der Waals surface area contributed by atoms with Crippen LogP contribution in [0.15, 0.2) is 36.4 Å². The molecule has 4 heteroatoms. The summed E-state index contributed by atoms with van der Waals surface area (Å²) in [5, 5.41) is 3.02. The van der Waals surface area contributed by atoms with Crippen LogP contribution in [0, 0.1) is 27.7 Å². The second kappa shape index (κ2) is 7.18. The summed E-state index contributed by atoms with van der Waals surface area (Å²) in [5.74, 6) is 0. The molecule has 0 atom stereocenters. The van der Waals surface area contributed by atoms with Crippen LogP contribution in [0.4, 0.5) is 16.2 Å². The van der Waals surface area contributed by atoms with Crippen molar-refractivity contribution in [2.75, 3.05) is 36.4 Å². The maximum Gasteiger partial charge on any atom is 0.321 e. The van der Waals surface area contributed by atoms with E-state index in [1.807, 2.05) is 23.1 Å². The number of urea groups is 1. The molecule has 1 N–H and O–H groups in total. The summed E-state index contributed by atoms with van der Waals surface area (Å²) >= 11 is 0. The molecular formula is C21H27N3O. The van der Waals surface area contributed by atoms with Gasteiger partial charge in [0.2, 0.25) is 0 Å². The summed E-state index contributed by atoms with van der Waals surface area (Å²) < 4.78 is 0. The number of benzene rings is 2. The summed E-state index contributed by atoms with van der Waals surface area (Å²) in [6, 6.07) is 12.6. The van der Waals surface area contributed by atoms with Crippen LogP contribution in [0.2, 0.25) is 0 Å². The van der Waals surface area contributed by atoms with Gasteiger partial charge in [0.15, 0.2) is 0 Å². The van der Waals surface area contributed by atoms with Crippen LogP contribution in [0.5, 0.6) is 0 Å². The second-order valence-electron chi connectivity index (χ2n) is 6.99. The molecule has 1 heterocycles. The van der Waals surface area contributed by atoms with Crippen molar-refractivity contribution >= 4 is 17.4 Å². The first-order chi connectivity index (χ1) is 11.9. The van der Waals surface area contributed by atoms with Gasteiger partial charge in [-0.1, -0.05) is 23.8 Å². The smallest absolute Gasteiger partial charge is 0.321 e. The lowest BCUT2D eigenvalue weighted by Gasteiger charge is -2.36. The van der Waals surface area contributed by atoms with Crippen LogP contribution in [-0.2, 0) is 0 Å². The maximum atomic E-state index is 12.5. The Balaban J connectivity index is 1.59. The zero-order chi connectivity index (χ0) is 18.0. The number of nitrogens with zero attached hydrogens (tertiary/aromatic N) is 2. The minimum atomic E-state index is -0.0106. The van der Waals surface area contributed by atoms with Crippen LogP contribution in [0.25, 0.3) is 0 Å². The van der Waals surface area contributed by atoms with Crippen LogP contribution < -0.4 is 10.2 Å². The van der Waals surface area contributed by atoms with E-state index in [2.05, 4.69) is 56.1 Å². The monoisotopic (exact) mass is 337 g/mol. The number of hydrogen-bond donors (Lipinski definition) is 1. The molecule has 2 aromatic carbocycles. The van der Waals surface area contributed by atoms with Gasteiger partial charge < -0.3 is 15.1 Å². The summed E-state index contributed by atoms with van der Waals surface area (Å²) in [4.78, 5) is 16.8. The highest BCUT2D eigenvalue weighted by atomic mass is 16.2. The molecule has 2 amide bonds. The molecule has 3 rings (SSSR count). The third-order valence-electron chi connectivity index (χ3n) is 5.02. The van der Waals surface area contributed by atoms with Gasteiger partial charge in [-0.2, -0.15) is 0 Å². The van der Waals surface area contributed by atoms with Crippen molar-refractivity contribution in [1.82, 2.24) is 4.90 Å². The van der Waals surface area contributed by atoms with Crippen LogP contribution >= 0.6 is 0 Å². The number of piperazine rings is 1. The van der Waals surface area contributed by atoms with Crippen molar-refractivity contribution in [2.24, 2.45) is 0 Å². The summed E-state index contributed by atoms with van der Waals surface area (Å²) in [7, 11) is 0. The van der Waals surface area contributed by atoms with E-state index in [4.69, 9.17) is 0 Å². The average Bonchev–Trinajstić information content (AvgIpc) is 2.58. The molecule has 1 saturated heterocycles. The van der Waals surface area contributed by atoms with E-state index in [1.54, 1.807) is 0 Å².